The van der Waals surface area contributed by atoms with E-state index in [1.54, 1.807) is 0 Å². The molecule has 144 valence electrons. The average molecular weight is 395 g/mol. The van der Waals surface area contributed by atoms with Crippen LogP contribution in [0.2, 0.25) is 0 Å². The van der Waals surface area contributed by atoms with Crippen molar-refractivity contribution in [3.63, 3.8) is 0 Å². The maximum absolute atomic E-state index is 12.4. The van der Waals surface area contributed by atoms with Gasteiger partial charge in [0.1, 0.15) is 0 Å². The van der Waals surface area contributed by atoms with Gasteiger partial charge in [-0.25, -0.2) is 0 Å². The summed E-state index contributed by atoms with van der Waals surface area (Å²) in [4.78, 5) is 24.3. The molecule has 1 heterocycles. The van der Waals surface area contributed by atoms with E-state index in [-0.39, 0.29) is 17.4 Å². The van der Waals surface area contributed by atoms with Gasteiger partial charge in [-0.15, -0.1) is 10.2 Å². The van der Waals surface area contributed by atoms with Crippen molar-refractivity contribution >= 4 is 23.5 Å². The van der Waals surface area contributed by atoms with Crippen LogP contribution < -0.4 is 5.32 Å². The van der Waals surface area contributed by atoms with Gasteiger partial charge in [0.25, 0.3) is 0 Å². The molecule has 0 unspecified atom stereocenters. The van der Waals surface area contributed by atoms with Crippen LogP contribution >= 0.6 is 11.8 Å². The molecule has 0 radical (unpaired) electrons. The molecule has 0 saturated carbocycles. The number of aromatic nitrogens is 3. The predicted molar refractivity (Wildman–Crippen MR) is 110 cm³/mol. The summed E-state index contributed by atoms with van der Waals surface area (Å²) in [6.45, 7) is 1.50. The third-order valence-corrected chi connectivity index (χ3v) is 5.33. The molecule has 0 aliphatic carbocycles. The number of carbonyl (C=O) groups excluding carboxylic acids is 2. The second-order valence-corrected chi connectivity index (χ2v) is 7.38. The van der Waals surface area contributed by atoms with Crippen molar-refractivity contribution < 1.29 is 9.59 Å². The number of ketones is 1. The molecule has 3 aromatic rings. The average Bonchev–Trinajstić information content (AvgIpc) is 3.07. The van der Waals surface area contributed by atoms with Crippen molar-refractivity contribution in [2.24, 2.45) is 7.05 Å². The van der Waals surface area contributed by atoms with E-state index in [2.05, 4.69) is 15.5 Å². The lowest BCUT2D eigenvalue weighted by Gasteiger charge is -2.16. The van der Waals surface area contributed by atoms with Crippen LogP contribution in [0.15, 0.2) is 65.8 Å². The summed E-state index contributed by atoms with van der Waals surface area (Å²) >= 11 is 1.30. The summed E-state index contributed by atoms with van der Waals surface area (Å²) in [5.41, 5.74) is 1.98. The number of carbonyl (C=O) groups is 2. The normalized spacial score (nSPS) is 11.8. The van der Waals surface area contributed by atoms with Crippen LogP contribution in [-0.4, -0.2) is 38.2 Å². The van der Waals surface area contributed by atoms with E-state index in [4.69, 9.17) is 0 Å². The lowest BCUT2D eigenvalue weighted by atomic mass is 10.0. The largest absolute Gasteiger partial charge is 0.345 e. The van der Waals surface area contributed by atoms with Crippen LogP contribution in [0.1, 0.15) is 12.5 Å². The monoisotopic (exact) mass is 394 g/mol. The van der Waals surface area contributed by atoms with Crippen LogP contribution in [0.5, 0.6) is 0 Å². The molecule has 0 bridgehead atoms. The Morgan fingerprint density at radius 2 is 1.68 bits per heavy atom. The molecule has 3 rings (SSSR count). The minimum atomic E-state index is -0.533. The summed E-state index contributed by atoms with van der Waals surface area (Å²) in [7, 11) is 1.87. The van der Waals surface area contributed by atoms with Crippen molar-refractivity contribution in [1.29, 1.82) is 0 Å². The molecule has 1 atom stereocenters. The molecular weight excluding hydrogens is 372 g/mol. The second kappa shape index (κ2) is 9.32. The Hall–Kier alpha value is -2.93. The van der Waals surface area contributed by atoms with Gasteiger partial charge in [-0.05, 0) is 18.9 Å². The Kier molecular flexibility index (Phi) is 6.60. The lowest BCUT2D eigenvalue weighted by molar-refractivity contribution is -0.125. The fraction of sp³-hybridized carbons (Fsp3) is 0.238. The van der Waals surface area contributed by atoms with Crippen LogP contribution in [0.4, 0.5) is 0 Å². The smallest absolute Gasteiger partial charge is 0.231 e. The van der Waals surface area contributed by atoms with E-state index >= 15 is 0 Å². The van der Waals surface area contributed by atoms with Gasteiger partial charge in [-0.2, -0.15) is 0 Å². The van der Waals surface area contributed by atoms with Crippen molar-refractivity contribution in [1.82, 2.24) is 20.1 Å². The number of amides is 1. The maximum Gasteiger partial charge on any atom is 0.231 e. The van der Waals surface area contributed by atoms with Gasteiger partial charge in [0.15, 0.2) is 16.8 Å². The Labute approximate surface area is 168 Å². The third kappa shape index (κ3) is 5.07. The Bertz CT molecular complexity index is 942. The van der Waals surface area contributed by atoms with E-state index in [9.17, 15) is 9.59 Å². The van der Waals surface area contributed by atoms with Gasteiger partial charge < -0.3 is 9.88 Å². The topological polar surface area (TPSA) is 76.9 Å². The molecule has 7 heteroatoms. The number of Topliss-reactive ketones (excluding diaryl/α,β-unsaturated/α-hetero) is 1. The summed E-state index contributed by atoms with van der Waals surface area (Å²) in [6.07, 6.45) is 0.481. The minimum absolute atomic E-state index is 0.0628. The fourth-order valence-electron chi connectivity index (χ4n) is 2.79. The first kappa shape index (κ1) is 19.8. The van der Waals surface area contributed by atoms with Crippen LogP contribution in [-0.2, 0) is 23.1 Å². The van der Waals surface area contributed by atoms with Gasteiger partial charge in [0.05, 0.1) is 11.8 Å². The highest BCUT2D eigenvalue weighted by molar-refractivity contribution is 7.99. The number of nitrogens with one attached hydrogen (secondary N) is 1. The zero-order valence-corrected chi connectivity index (χ0v) is 16.6. The van der Waals surface area contributed by atoms with Crippen LogP contribution in [0, 0.1) is 0 Å². The number of hydrogen-bond acceptors (Lipinski definition) is 5. The highest BCUT2D eigenvalue weighted by Gasteiger charge is 2.19. The van der Waals surface area contributed by atoms with E-state index in [1.165, 1.54) is 18.7 Å². The lowest BCUT2D eigenvalue weighted by Crippen LogP contribution is -2.42. The van der Waals surface area contributed by atoms with Gasteiger partial charge in [-0.3, -0.25) is 9.59 Å². The van der Waals surface area contributed by atoms with E-state index in [0.717, 1.165) is 17.0 Å². The summed E-state index contributed by atoms with van der Waals surface area (Å²) in [5, 5.41) is 11.9. The van der Waals surface area contributed by atoms with Gasteiger partial charge >= 0.3 is 0 Å². The number of thioether (sulfide) groups is 1. The standard InChI is InChI=1S/C21H22N4O2S/c1-15(26)18(13-16-9-5-3-6-10-16)22-19(27)14-28-21-24-23-20(25(21)2)17-11-7-4-8-12-17/h3-12,18H,13-14H2,1-2H3,(H,22,27)/t18-/m0/s1. The molecule has 1 aromatic heterocycles. The zero-order valence-electron chi connectivity index (χ0n) is 15.8. The molecule has 0 saturated heterocycles. The van der Waals surface area contributed by atoms with Crippen molar-refractivity contribution in [3.05, 3.63) is 66.2 Å². The van der Waals surface area contributed by atoms with Crippen LogP contribution in [0.3, 0.4) is 0 Å². The SMILES string of the molecule is CC(=O)[C@H](Cc1ccccc1)NC(=O)CSc1nnc(-c2ccccc2)n1C. The van der Waals surface area contributed by atoms with Gasteiger partial charge in [0.2, 0.25) is 5.91 Å². The van der Waals surface area contributed by atoms with E-state index in [0.29, 0.717) is 11.6 Å². The first-order valence-corrected chi connectivity index (χ1v) is 9.94. The molecule has 0 aliphatic rings. The number of benzene rings is 2. The molecular formula is C21H22N4O2S. The Balaban J connectivity index is 1.59. The van der Waals surface area contributed by atoms with Gasteiger partial charge in [0, 0.05) is 12.6 Å². The molecule has 1 N–H and O–H groups in total. The molecule has 6 nitrogen and oxygen atoms in total. The van der Waals surface area contributed by atoms with Crippen molar-refractivity contribution in [2.45, 2.75) is 24.5 Å². The van der Waals surface area contributed by atoms with Crippen molar-refractivity contribution in [3.8, 4) is 11.4 Å². The molecule has 0 aliphatic heterocycles. The third-order valence-electron chi connectivity index (χ3n) is 4.31. The number of rotatable bonds is 8. The van der Waals surface area contributed by atoms with E-state index in [1.807, 2.05) is 72.3 Å². The first-order chi connectivity index (χ1) is 13.5. The highest BCUT2D eigenvalue weighted by atomic mass is 32.2. The summed E-state index contributed by atoms with van der Waals surface area (Å²) < 4.78 is 1.86. The summed E-state index contributed by atoms with van der Waals surface area (Å²) in [6, 6.07) is 18.9. The molecule has 1 amide bonds. The molecule has 0 spiro atoms. The number of hydrogen-bond donors (Lipinski definition) is 1. The number of nitrogens with zero attached hydrogens (tertiary/aromatic N) is 3. The fourth-order valence-corrected chi connectivity index (χ4v) is 3.51. The van der Waals surface area contributed by atoms with E-state index < -0.39 is 6.04 Å². The summed E-state index contributed by atoms with van der Waals surface area (Å²) in [5.74, 6) is 0.645. The van der Waals surface area contributed by atoms with Gasteiger partial charge in [-0.1, -0.05) is 72.4 Å². The van der Waals surface area contributed by atoms with Crippen LogP contribution in [0.25, 0.3) is 11.4 Å². The highest BCUT2D eigenvalue weighted by Crippen LogP contribution is 2.22. The zero-order chi connectivity index (χ0) is 19.9. The Morgan fingerprint density at radius 3 is 2.32 bits per heavy atom. The molecule has 0 fully saturated rings. The molecule has 2 aromatic carbocycles. The predicted octanol–water partition coefficient (Wildman–Crippen LogP) is 2.89. The minimum Gasteiger partial charge on any atom is -0.345 e. The maximum atomic E-state index is 12.4. The second-order valence-electron chi connectivity index (χ2n) is 6.44. The quantitative estimate of drug-likeness (QED) is 0.595. The Morgan fingerprint density at radius 1 is 1.04 bits per heavy atom. The van der Waals surface area contributed by atoms with Crippen molar-refractivity contribution in [2.75, 3.05) is 5.75 Å². The first-order valence-electron chi connectivity index (χ1n) is 8.96. The molecule has 28 heavy (non-hydrogen) atoms.